The van der Waals surface area contributed by atoms with Crippen molar-refractivity contribution >= 4 is 45.7 Å². The van der Waals surface area contributed by atoms with Crippen molar-refractivity contribution in [2.24, 2.45) is 0 Å². The zero-order valence-corrected chi connectivity index (χ0v) is 13.1. The monoisotopic (exact) mass is 348 g/mol. The Morgan fingerprint density at radius 3 is 2.57 bits per heavy atom. The zero-order chi connectivity index (χ0) is 16.6. The molecule has 0 fully saturated rings. The lowest BCUT2D eigenvalue weighted by atomic mass is 10.1. The van der Waals surface area contributed by atoms with Gasteiger partial charge in [-0.2, -0.15) is 0 Å². The Bertz CT molecular complexity index is 983. The van der Waals surface area contributed by atoms with Crippen LogP contribution in [0.1, 0.15) is 10.4 Å². The van der Waals surface area contributed by atoms with Gasteiger partial charge in [-0.05, 0) is 30.3 Å². The van der Waals surface area contributed by atoms with E-state index < -0.39 is 11.5 Å². The van der Waals surface area contributed by atoms with Gasteiger partial charge in [0.05, 0.1) is 15.6 Å². The molecule has 1 heterocycles. The molecule has 23 heavy (non-hydrogen) atoms. The minimum Gasteiger partial charge on any atom is -0.506 e. The number of para-hydroxylation sites is 1. The number of nitrogens with one attached hydrogen (secondary N) is 2. The number of amides is 1. The first-order valence-corrected chi connectivity index (χ1v) is 7.33. The Kier molecular flexibility index (Phi) is 3.98. The molecule has 1 amide bonds. The average Bonchev–Trinajstić information content (AvgIpc) is 2.51. The second kappa shape index (κ2) is 5.95. The molecule has 0 spiro atoms. The zero-order valence-electron chi connectivity index (χ0n) is 11.6. The molecular weight excluding hydrogens is 339 g/mol. The number of hydrogen-bond donors (Lipinski definition) is 3. The summed E-state index contributed by atoms with van der Waals surface area (Å²) in [5.41, 5.74) is -0.244. The number of fused-ring (bicyclic) bond motifs is 1. The number of hydrogen-bond acceptors (Lipinski definition) is 3. The first-order valence-electron chi connectivity index (χ1n) is 6.58. The minimum atomic E-state index is -0.743. The highest BCUT2D eigenvalue weighted by atomic mass is 35.5. The van der Waals surface area contributed by atoms with E-state index in [-0.39, 0.29) is 16.3 Å². The summed E-state index contributed by atoms with van der Waals surface area (Å²) in [4.78, 5) is 27.0. The van der Waals surface area contributed by atoms with Crippen molar-refractivity contribution < 1.29 is 9.90 Å². The van der Waals surface area contributed by atoms with Crippen LogP contribution in [0.2, 0.25) is 10.0 Å². The molecule has 7 heteroatoms. The van der Waals surface area contributed by atoms with E-state index in [2.05, 4.69) is 10.3 Å². The fraction of sp³-hybridized carbons (Fsp3) is 0. The van der Waals surface area contributed by atoms with Crippen LogP contribution in [-0.4, -0.2) is 16.0 Å². The smallest absolute Gasteiger partial charge is 0.265 e. The fourth-order valence-corrected chi connectivity index (χ4v) is 2.50. The Hall–Kier alpha value is -2.50. The largest absolute Gasteiger partial charge is 0.506 e. The molecule has 0 saturated heterocycles. The van der Waals surface area contributed by atoms with E-state index in [4.69, 9.17) is 23.2 Å². The molecule has 5 nitrogen and oxygen atoms in total. The van der Waals surface area contributed by atoms with Gasteiger partial charge in [0.2, 0.25) is 0 Å². The second-order valence-electron chi connectivity index (χ2n) is 4.81. The van der Waals surface area contributed by atoms with Crippen molar-refractivity contribution in [2.45, 2.75) is 0 Å². The first-order chi connectivity index (χ1) is 11.0. The summed E-state index contributed by atoms with van der Waals surface area (Å²) in [5, 5.41) is 13.7. The van der Waals surface area contributed by atoms with Crippen LogP contribution in [0.3, 0.4) is 0 Å². The number of anilines is 1. The molecule has 3 aromatic rings. The predicted molar refractivity (Wildman–Crippen MR) is 90.6 cm³/mol. The summed E-state index contributed by atoms with van der Waals surface area (Å²) in [6.45, 7) is 0. The summed E-state index contributed by atoms with van der Waals surface area (Å²) in [5.74, 6) is -1.12. The first kappa shape index (κ1) is 15.4. The van der Waals surface area contributed by atoms with Crippen LogP contribution in [0.5, 0.6) is 5.75 Å². The lowest BCUT2D eigenvalue weighted by Crippen LogP contribution is -2.23. The Morgan fingerprint density at radius 2 is 1.83 bits per heavy atom. The standard InChI is InChI=1S/C16H10Cl2N2O3/c17-10-6-5-8(7-11(10)18)19-15(22)13-14(21)9-3-1-2-4-12(9)20-16(13)23/h1-7H,(H,19,22)(H2,20,21,23). The summed E-state index contributed by atoms with van der Waals surface area (Å²) in [6, 6.07) is 11.2. The SMILES string of the molecule is O=C(Nc1ccc(Cl)c(Cl)c1)c1c(O)c2ccccc2[nH]c1=O. The van der Waals surface area contributed by atoms with Crippen LogP contribution in [0.25, 0.3) is 10.9 Å². The highest BCUT2D eigenvalue weighted by Crippen LogP contribution is 2.27. The van der Waals surface area contributed by atoms with Crippen molar-refractivity contribution in [1.29, 1.82) is 0 Å². The normalized spacial score (nSPS) is 10.7. The number of rotatable bonds is 2. The highest BCUT2D eigenvalue weighted by molar-refractivity contribution is 6.42. The number of pyridine rings is 1. The number of aromatic nitrogens is 1. The van der Waals surface area contributed by atoms with Gasteiger partial charge in [-0.3, -0.25) is 9.59 Å². The van der Waals surface area contributed by atoms with Gasteiger partial charge in [-0.15, -0.1) is 0 Å². The fourth-order valence-electron chi connectivity index (χ4n) is 2.20. The molecule has 0 saturated carbocycles. The van der Waals surface area contributed by atoms with Crippen molar-refractivity contribution in [3.63, 3.8) is 0 Å². The molecule has 0 radical (unpaired) electrons. The Morgan fingerprint density at radius 1 is 1.09 bits per heavy atom. The highest BCUT2D eigenvalue weighted by Gasteiger charge is 2.19. The van der Waals surface area contributed by atoms with Gasteiger partial charge >= 0.3 is 0 Å². The number of aromatic amines is 1. The van der Waals surface area contributed by atoms with Crippen LogP contribution in [0.4, 0.5) is 5.69 Å². The molecule has 3 rings (SSSR count). The second-order valence-corrected chi connectivity index (χ2v) is 5.62. The number of carbonyl (C=O) groups excluding carboxylic acids is 1. The third-order valence-corrected chi connectivity index (χ3v) is 4.04. The van der Waals surface area contributed by atoms with Gasteiger partial charge in [0.15, 0.2) is 0 Å². The van der Waals surface area contributed by atoms with Gasteiger partial charge < -0.3 is 15.4 Å². The Balaban J connectivity index is 2.04. The summed E-state index contributed by atoms with van der Waals surface area (Å²) < 4.78 is 0. The lowest BCUT2D eigenvalue weighted by Gasteiger charge is -2.09. The average molecular weight is 349 g/mol. The molecular formula is C16H10Cl2N2O3. The minimum absolute atomic E-state index is 0.265. The molecule has 1 aromatic heterocycles. The molecule has 0 aliphatic heterocycles. The summed E-state index contributed by atoms with van der Waals surface area (Å²) in [7, 11) is 0. The van der Waals surface area contributed by atoms with E-state index in [1.807, 2.05) is 0 Å². The van der Waals surface area contributed by atoms with Crippen LogP contribution in [0, 0.1) is 0 Å². The van der Waals surface area contributed by atoms with E-state index in [1.165, 1.54) is 12.1 Å². The van der Waals surface area contributed by atoms with E-state index in [0.29, 0.717) is 21.6 Å². The molecule has 2 aromatic carbocycles. The van der Waals surface area contributed by atoms with Crippen molar-refractivity contribution in [2.75, 3.05) is 5.32 Å². The lowest BCUT2D eigenvalue weighted by molar-refractivity contribution is 0.102. The molecule has 3 N–H and O–H groups in total. The van der Waals surface area contributed by atoms with Gasteiger partial charge in [0, 0.05) is 11.1 Å². The molecule has 116 valence electrons. The van der Waals surface area contributed by atoms with Crippen LogP contribution in [-0.2, 0) is 0 Å². The predicted octanol–water partition coefficient (Wildman–Crippen LogP) is 3.79. The summed E-state index contributed by atoms with van der Waals surface area (Å²) >= 11 is 11.7. The van der Waals surface area contributed by atoms with Crippen LogP contribution < -0.4 is 10.9 Å². The number of carbonyl (C=O) groups is 1. The molecule has 0 bridgehead atoms. The van der Waals surface area contributed by atoms with Crippen molar-refractivity contribution in [3.8, 4) is 5.75 Å². The van der Waals surface area contributed by atoms with E-state index >= 15 is 0 Å². The van der Waals surface area contributed by atoms with Gasteiger partial charge in [0.25, 0.3) is 11.5 Å². The summed E-state index contributed by atoms with van der Waals surface area (Å²) in [6.07, 6.45) is 0. The van der Waals surface area contributed by atoms with Gasteiger partial charge in [-0.25, -0.2) is 0 Å². The van der Waals surface area contributed by atoms with E-state index in [9.17, 15) is 14.7 Å². The number of halogens is 2. The number of H-pyrrole nitrogens is 1. The molecule has 0 unspecified atom stereocenters. The van der Waals surface area contributed by atoms with Crippen LogP contribution >= 0.6 is 23.2 Å². The van der Waals surface area contributed by atoms with Gasteiger partial charge in [-0.1, -0.05) is 35.3 Å². The molecule has 0 atom stereocenters. The van der Waals surface area contributed by atoms with Crippen LogP contribution in [0.15, 0.2) is 47.3 Å². The molecule has 0 aliphatic carbocycles. The Labute approximate surface area is 140 Å². The molecule has 0 aliphatic rings. The van der Waals surface area contributed by atoms with E-state index in [1.54, 1.807) is 30.3 Å². The maximum Gasteiger partial charge on any atom is 0.265 e. The van der Waals surface area contributed by atoms with Crippen molar-refractivity contribution in [1.82, 2.24) is 4.98 Å². The third kappa shape index (κ3) is 2.88. The van der Waals surface area contributed by atoms with E-state index in [0.717, 1.165) is 0 Å². The maximum atomic E-state index is 12.3. The maximum absolute atomic E-state index is 12.3. The topological polar surface area (TPSA) is 82.2 Å². The third-order valence-electron chi connectivity index (χ3n) is 3.30. The van der Waals surface area contributed by atoms with Crippen molar-refractivity contribution in [3.05, 3.63) is 68.4 Å². The quantitative estimate of drug-likeness (QED) is 0.658. The number of benzene rings is 2. The van der Waals surface area contributed by atoms with Gasteiger partial charge in [0.1, 0.15) is 11.3 Å². The number of aromatic hydroxyl groups is 1.